The Morgan fingerprint density at radius 2 is 2.00 bits per heavy atom. The number of nitrogens with zero attached hydrogens (tertiary/aromatic N) is 1. The summed E-state index contributed by atoms with van der Waals surface area (Å²) >= 11 is 1.96. The quantitative estimate of drug-likeness (QED) is 0.664. The van der Waals surface area contributed by atoms with Gasteiger partial charge in [0, 0.05) is 19.2 Å². The summed E-state index contributed by atoms with van der Waals surface area (Å²) in [6.07, 6.45) is 4.90. The Hall–Kier alpha value is -0.520. The predicted molar refractivity (Wildman–Crippen MR) is 74.2 cm³/mol. The van der Waals surface area contributed by atoms with Gasteiger partial charge in [0.15, 0.2) is 0 Å². The van der Waals surface area contributed by atoms with E-state index in [1.54, 1.807) is 12.1 Å². The van der Waals surface area contributed by atoms with E-state index < -0.39 is 0 Å². The minimum Gasteiger partial charge on any atom is -0.397 e. The largest absolute Gasteiger partial charge is 0.397 e. The van der Waals surface area contributed by atoms with E-state index in [-0.39, 0.29) is 5.82 Å². The number of hydrogen-bond donors (Lipinski definition) is 1. The van der Waals surface area contributed by atoms with Crippen molar-refractivity contribution in [3.63, 3.8) is 0 Å². The van der Waals surface area contributed by atoms with Gasteiger partial charge in [-0.05, 0) is 41.5 Å². The maximum absolute atomic E-state index is 13.5. The van der Waals surface area contributed by atoms with Gasteiger partial charge in [-0.25, -0.2) is 4.39 Å². The summed E-state index contributed by atoms with van der Waals surface area (Å²) in [7, 11) is 2.01. The third-order valence-corrected chi connectivity index (χ3v) is 4.15. The highest BCUT2D eigenvalue weighted by Crippen LogP contribution is 2.32. The first-order valence-electron chi connectivity index (χ1n) is 5.57. The molecule has 16 heavy (non-hydrogen) atoms. The lowest BCUT2D eigenvalue weighted by molar-refractivity contribution is 0.614. The van der Waals surface area contributed by atoms with Crippen molar-refractivity contribution in [3.05, 3.63) is 21.5 Å². The van der Waals surface area contributed by atoms with Crippen molar-refractivity contribution >= 4 is 34.0 Å². The molecule has 0 heterocycles. The van der Waals surface area contributed by atoms with Crippen LogP contribution in [0.4, 0.5) is 15.8 Å². The molecule has 4 heteroatoms. The maximum Gasteiger partial charge on any atom is 0.138 e. The fourth-order valence-corrected chi connectivity index (χ4v) is 2.84. The van der Waals surface area contributed by atoms with Crippen LogP contribution >= 0.6 is 22.6 Å². The molecule has 88 valence electrons. The van der Waals surface area contributed by atoms with Gasteiger partial charge in [-0.2, -0.15) is 0 Å². The molecule has 2 N–H and O–H groups in total. The summed E-state index contributed by atoms with van der Waals surface area (Å²) in [6, 6.07) is 3.77. The minimum atomic E-state index is -0.186. The van der Waals surface area contributed by atoms with Crippen LogP contribution in [0.2, 0.25) is 0 Å². The number of anilines is 2. The van der Waals surface area contributed by atoms with Gasteiger partial charge in [-0.1, -0.05) is 12.8 Å². The molecule has 1 saturated carbocycles. The highest BCUT2D eigenvalue weighted by molar-refractivity contribution is 14.1. The van der Waals surface area contributed by atoms with Gasteiger partial charge in [0.1, 0.15) is 5.82 Å². The fourth-order valence-electron chi connectivity index (χ4n) is 2.35. The molecule has 0 atom stereocenters. The second-order valence-electron chi connectivity index (χ2n) is 4.37. The fraction of sp³-hybridized carbons (Fsp3) is 0.500. The van der Waals surface area contributed by atoms with Gasteiger partial charge in [-0.15, -0.1) is 0 Å². The zero-order valence-corrected chi connectivity index (χ0v) is 11.5. The molecule has 1 aromatic carbocycles. The molecule has 2 rings (SSSR count). The molecular weight excluding hydrogens is 318 g/mol. The van der Waals surface area contributed by atoms with Gasteiger partial charge in [-0.3, -0.25) is 0 Å². The molecule has 1 fully saturated rings. The molecule has 0 spiro atoms. The first-order chi connectivity index (χ1) is 7.59. The molecule has 0 saturated heterocycles. The number of benzene rings is 1. The van der Waals surface area contributed by atoms with Crippen LogP contribution in [0.3, 0.4) is 0 Å². The molecule has 1 aliphatic carbocycles. The second kappa shape index (κ2) is 4.77. The highest BCUT2D eigenvalue weighted by Gasteiger charge is 2.21. The summed E-state index contributed by atoms with van der Waals surface area (Å²) in [5, 5.41) is 0. The van der Waals surface area contributed by atoms with Gasteiger partial charge in [0.05, 0.1) is 14.9 Å². The van der Waals surface area contributed by atoms with Crippen molar-refractivity contribution in [1.29, 1.82) is 0 Å². The SMILES string of the molecule is CN(c1cc(F)c(I)cc1N)C1CCCC1. The molecule has 0 aliphatic heterocycles. The van der Waals surface area contributed by atoms with Crippen molar-refractivity contribution in [2.75, 3.05) is 17.7 Å². The monoisotopic (exact) mass is 334 g/mol. The Bertz CT molecular complexity index is 389. The summed E-state index contributed by atoms with van der Waals surface area (Å²) in [5.41, 5.74) is 7.44. The maximum atomic E-state index is 13.5. The normalized spacial score (nSPS) is 16.7. The van der Waals surface area contributed by atoms with E-state index in [0.29, 0.717) is 15.3 Å². The molecule has 0 bridgehead atoms. The minimum absolute atomic E-state index is 0.186. The average molecular weight is 334 g/mol. The number of halogens is 2. The van der Waals surface area contributed by atoms with Crippen molar-refractivity contribution in [3.8, 4) is 0 Å². The van der Waals surface area contributed by atoms with E-state index in [1.165, 1.54) is 25.7 Å². The summed E-state index contributed by atoms with van der Waals surface area (Å²) in [4.78, 5) is 2.13. The summed E-state index contributed by atoms with van der Waals surface area (Å²) in [5.74, 6) is -0.186. The Balaban J connectivity index is 2.28. The lowest BCUT2D eigenvalue weighted by atomic mass is 10.1. The third-order valence-electron chi connectivity index (χ3n) is 3.32. The lowest BCUT2D eigenvalue weighted by Crippen LogP contribution is -2.29. The first kappa shape index (κ1) is 12.0. The van der Waals surface area contributed by atoms with Crippen molar-refractivity contribution in [2.45, 2.75) is 31.7 Å². The average Bonchev–Trinajstić information content (AvgIpc) is 2.75. The second-order valence-corrected chi connectivity index (χ2v) is 5.54. The van der Waals surface area contributed by atoms with E-state index >= 15 is 0 Å². The van der Waals surface area contributed by atoms with Crippen molar-refractivity contribution < 1.29 is 4.39 Å². The van der Waals surface area contributed by atoms with Crippen LogP contribution in [0.1, 0.15) is 25.7 Å². The Morgan fingerprint density at radius 3 is 2.62 bits per heavy atom. The van der Waals surface area contributed by atoms with Crippen LogP contribution < -0.4 is 10.6 Å². The number of hydrogen-bond acceptors (Lipinski definition) is 2. The van der Waals surface area contributed by atoms with Crippen molar-refractivity contribution in [1.82, 2.24) is 0 Å². The molecule has 0 radical (unpaired) electrons. The molecular formula is C12H16FIN2. The molecule has 0 amide bonds. The predicted octanol–water partition coefficient (Wildman–Crippen LogP) is 3.39. The van der Waals surface area contributed by atoms with Crippen LogP contribution in [-0.2, 0) is 0 Å². The Labute approximate surface area is 109 Å². The zero-order valence-electron chi connectivity index (χ0n) is 9.34. The molecule has 1 aromatic rings. The van der Waals surface area contributed by atoms with Crippen LogP contribution in [0.5, 0.6) is 0 Å². The zero-order chi connectivity index (χ0) is 11.7. The summed E-state index contributed by atoms with van der Waals surface area (Å²) < 4.78 is 14.1. The standard InChI is InChI=1S/C12H16FIN2/c1-16(8-4-2-3-5-8)12-6-9(13)10(14)7-11(12)15/h6-8H,2-5,15H2,1H3. The van der Waals surface area contributed by atoms with Gasteiger partial charge < -0.3 is 10.6 Å². The topological polar surface area (TPSA) is 29.3 Å². The van der Waals surface area contributed by atoms with Crippen LogP contribution in [0.25, 0.3) is 0 Å². The van der Waals surface area contributed by atoms with Gasteiger partial charge in [0.2, 0.25) is 0 Å². The van der Waals surface area contributed by atoms with Crippen LogP contribution in [0, 0.1) is 9.39 Å². The van der Waals surface area contributed by atoms with E-state index in [9.17, 15) is 4.39 Å². The van der Waals surface area contributed by atoms with Gasteiger partial charge >= 0.3 is 0 Å². The summed E-state index contributed by atoms with van der Waals surface area (Å²) in [6.45, 7) is 0. The van der Waals surface area contributed by atoms with E-state index in [4.69, 9.17) is 5.73 Å². The lowest BCUT2D eigenvalue weighted by Gasteiger charge is -2.28. The van der Waals surface area contributed by atoms with Gasteiger partial charge in [0.25, 0.3) is 0 Å². The van der Waals surface area contributed by atoms with Crippen LogP contribution in [0.15, 0.2) is 12.1 Å². The third kappa shape index (κ3) is 2.26. The highest BCUT2D eigenvalue weighted by atomic mass is 127. The number of nitrogen functional groups attached to an aromatic ring is 1. The first-order valence-corrected chi connectivity index (χ1v) is 6.65. The molecule has 2 nitrogen and oxygen atoms in total. The van der Waals surface area contributed by atoms with E-state index in [1.807, 2.05) is 29.6 Å². The van der Waals surface area contributed by atoms with E-state index in [0.717, 1.165) is 5.69 Å². The smallest absolute Gasteiger partial charge is 0.138 e. The molecule has 0 aromatic heterocycles. The Kier molecular flexibility index (Phi) is 3.56. The van der Waals surface area contributed by atoms with Crippen LogP contribution in [-0.4, -0.2) is 13.1 Å². The number of nitrogens with two attached hydrogens (primary N) is 1. The molecule has 0 unspecified atom stereocenters. The van der Waals surface area contributed by atoms with Crippen molar-refractivity contribution in [2.24, 2.45) is 0 Å². The Morgan fingerprint density at radius 1 is 1.38 bits per heavy atom. The van der Waals surface area contributed by atoms with E-state index in [2.05, 4.69) is 4.90 Å². The number of rotatable bonds is 2. The molecule has 1 aliphatic rings.